The third-order valence-electron chi connectivity index (χ3n) is 3.21. The monoisotopic (exact) mass is 284 g/mol. The molecule has 0 saturated carbocycles. The van der Waals surface area contributed by atoms with Crippen LogP contribution in [0, 0.1) is 6.92 Å². The highest BCUT2D eigenvalue weighted by Gasteiger charge is 2.17. The van der Waals surface area contributed by atoms with Gasteiger partial charge in [-0.15, -0.1) is 0 Å². The molecule has 0 bridgehead atoms. The van der Waals surface area contributed by atoms with Crippen LogP contribution in [0.2, 0.25) is 0 Å². The standard InChI is InChI=1S/C17H20N2O2/c1-12-5-3-8-15(9-12)19-16(17(18)20)14-7-4-6-13(10-14)11-21-2/h3-10,16,19H,11H2,1-2H3,(H2,18,20). The second-order valence-electron chi connectivity index (χ2n) is 5.03. The molecule has 0 aromatic heterocycles. The van der Waals surface area contributed by atoms with Gasteiger partial charge in [-0.05, 0) is 35.7 Å². The Morgan fingerprint density at radius 1 is 1.24 bits per heavy atom. The average molecular weight is 284 g/mol. The molecule has 21 heavy (non-hydrogen) atoms. The molecular formula is C17H20N2O2. The second kappa shape index (κ2) is 6.90. The summed E-state index contributed by atoms with van der Waals surface area (Å²) < 4.78 is 5.12. The fourth-order valence-corrected chi connectivity index (χ4v) is 2.25. The number of methoxy groups -OCH3 is 1. The van der Waals surface area contributed by atoms with Crippen molar-refractivity contribution in [1.29, 1.82) is 0 Å². The van der Waals surface area contributed by atoms with Crippen LogP contribution in [0.4, 0.5) is 5.69 Å². The van der Waals surface area contributed by atoms with Crippen molar-refractivity contribution < 1.29 is 9.53 Å². The first kappa shape index (κ1) is 15.1. The highest BCUT2D eigenvalue weighted by Crippen LogP contribution is 2.21. The molecule has 110 valence electrons. The minimum Gasteiger partial charge on any atom is -0.380 e. The van der Waals surface area contributed by atoms with Crippen LogP contribution in [0.1, 0.15) is 22.7 Å². The number of primary amides is 1. The third kappa shape index (κ3) is 4.07. The number of nitrogens with one attached hydrogen (secondary N) is 1. The number of amides is 1. The van der Waals surface area contributed by atoms with Crippen LogP contribution in [0.5, 0.6) is 0 Å². The molecule has 0 aliphatic rings. The van der Waals surface area contributed by atoms with Crippen molar-refractivity contribution in [3.05, 3.63) is 65.2 Å². The zero-order valence-electron chi connectivity index (χ0n) is 12.3. The van der Waals surface area contributed by atoms with Gasteiger partial charge in [-0.25, -0.2) is 0 Å². The molecule has 0 saturated heterocycles. The molecule has 2 rings (SSSR count). The Morgan fingerprint density at radius 3 is 2.67 bits per heavy atom. The van der Waals surface area contributed by atoms with Crippen molar-refractivity contribution in [2.75, 3.05) is 12.4 Å². The summed E-state index contributed by atoms with van der Waals surface area (Å²) in [4.78, 5) is 11.8. The Kier molecular flexibility index (Phi) is 4.95. The van der Waals surface area contributed by atoms with Crippen LogP contribution in [0.15, 0.2) is 48.5 Å². The van der Waals surface area contributed by atoms with E-state index in [4.69, 9.17) is 10.5 Å². The Labute approximate surface area is 124 Å². The molecule has 3 N–H and O–H groups in total. The number of benzene rings is 2. The molecule has 1 amide bonds. The summed E-state index contributed by atoms with van der Waals surface area (Å²) in [6, 6.07) is 15.0. The molecule has 0 aliphatic carbocycles. The number of rotatable bonds is 6. The van der Waals surface area contributed by atoms with E-state index in [2.05, 4.69) is 5.32 Å². The van der Waals surface area contributed by atoms with Gasteiger partial charge in [-0.2, -0.15) is 0 Å². The van der Waals surface area contributed by atoms with Gasteiger partial charge in [-0.3, -0.25) is 4.79 Å². The van der Waals surface area contributed by atoms with Crippen LogP contribution in [0.3, 0.4) is 0 Å². The molecule has 0 fully saturated rings. The van der Waals surface area contributed by atoms with E-state index in [1.54, 1.807) is 7.11 Å². The first-order chi connectivity index (χ1) is 10.1. The number of ether oxygens (including phenoxy) is 1. The fraction of sp³-hybridized carbons (Fsp3) is 0.235. The molecule has 4 nitrogen and oxygen atoms in total. The van der Waals surface area contributed by atoms with E-state index >= 15 is 0 Å². The van der Waals surface area contributed by atoms with Gasteiger partial charge in [0.15, 0.2) is 0 Å². The molecule has 0 aliphatic heterocycles. The van der Waals surface area contributed by atoms with Crippen LogP contribution >= 0.6 is 0 Å². The van der Waals surface area contributed by atoms with E-state index in [-0.39, 0.29) is 0 Å². The van der Waals surface area contributed by atoms with Gasteiger partial charge in [0.2, 0.25) is 5.91 Å². The normalized spacial score (nSPS) is 11.9. The van der Waals surface area contributed by atoms with E-state index in [0.29, 0.717) is 6.61 Å². The highest BCUT2D eigenvalue weighted by molar-refractivity contribution is 5.84. The van der Waals surface area contributed by atoms with Crippen molar-refractivity contribution in [3.8, 4) is 0 Å². The number of hydrogen-bond donors (Lipinski definition) is 2. The van der Waals surface area contributed by atoms with Gasteiger partial charge in [0, 0.05) is 12.8 Å². The van der Waals surface area contributed by atoms with Crippen LogP contribution < -0.4 is 11.1 Å². The summed E-state index contributed by atoms with van der Waals surface area (Å²) in [7, 11) is 1.64. The molecule has 2 aromatic rings. The summed E-state index contributed by atoms with van der Waals surface area (Å²) >= 11 is 0. The summed E-state index contributed by atoms with van der Waals surface area (Å²) in [5.41, 5.74) is 9.38. The molecule has 0 heterocycles. The molecule has 0 radical (unpaired) electrons. The predicted octanol–water partition coefficient (Wildman–Crippen LogP) is 2.78. The predicted molar refractivity (Wildman–Crippen MR) is 83.9 cm³/mol. The molecule has 2 aromatic carbocycles. The maximum absolute atomic E-state index is 11.8. The Hall–Kier alpha value is -2.33. The van der Waals surface area contributed by atoms with E-state index in [0.717, 1.165) is 22.4 Å². The lowest BCUT2D eigenvalue weighted by atomic mass is 10.0. The van der Waals surface area contributed by atoms with Gasteiger partial charge in [-0.1, -0.05) is 36.4 Å². The highest BCUT2D eigenvalue weighted by atomic mass is 16.5. The summed E-state index contributed by atoms with van der Waals surface area (Å²) in [5.74, 6) is -0.411. The molecule has 1 unspecified atom stereocenters. The van der Waals surface area contributed by atoms with E-state index in [9.17, 15) is 4.79 Å². The van der Waals surface area contributed by atoms with Gasteiger partial charge >= 0.3 is 0 Å². The molecule has 0 spiro atoms. The smallest absolute Gasteiger partial charge is 0.244 e. The molecular weight excluding hydrogens is 264 g/mol. The number of nitrogens with two attached hydrogens (primary N) is 1. The largest absolute Gasteiger partial charge is 0.380 e. The zero-order chi connectivity index (χ0) is 15.2. The number of aryl methyl sites for hydroxylation is 1. The second-order valence-corrected chi connectivity index (χ2v) is 5.03. The van der Waals surface area contributed by atoms with Crippen molar-refractivity contribution in [2.24, 2.45) is 5.73 Å². The van der Waals surface area contributed by atoms with Crippen LogP contribution in [-0.4, -0.2) is 13.0 Å². The summed E-state index contributed by atoms with van der Waals surface area (Å²) in [6.07, 6.45) is 0. The van der Waals surface area contributed by atoms with Crippen molar-refractivity contribution in [3.63, 3.8) is 0 Å². The SMILES string of the molecule is COCc1cccc(C(Nc2cccc(C)c2)C(N)=O)c1. The third-order valence-corrected chi connectivity index (χ3v) is 3.21. The lowest BCUT2D eigenvalue weighted by Crippen LogP contribution is -2.27. The van der Waals surface area contributed by atoms with Crippen LogP contribution in [0.25, 0.3) is 0 Å². The maximum atomic E-state index is 11.8. The van der Waals surface area contributed by atoms with Crippen LogP contribution in [-0.2, 0) is 16.1 Å². The first-order valence-corrected chi connectivity index (χ1v) is 6.80. The van der Waals surface area contributed by atoms with Gasteiger partial charge in [0.05, 0.1) is 6.61 Å². The quantitative estimate of drug-likeness (QED) is 0.857. The Bertz CT molecular complexity index is 626. The number of anilines is 1. The number of carbonyl (C=O) groups excluding carboxylic acids is 1. The van der Waals surface area contributed by atoms with E-state index < -0.39 is 11.9 Å². The fourth-order valence-electron chi connectivity index (χ4n) is 2.25. The topological polar surface area (TPSA) is 64.3 Å². The lowest BCUT2D eigenvalue weighted by molar-refractivity contribution is -0.118. The van der Waals surface area contributed by atoms with Crippen molar-refractivity contribution in [2.45, 2.75) is 19.6 Å². The maximum Gasteiger partial charge on any atom is 0.244 e. The number of hydrogen-bond acceptors (Lipinski definition) is 3. The molecule has 1 atom stereocenters. The summed E-state index contributed by atoms with van der Waals surface area (Å²) in [5, 5.41) is 3.19. The lowest BCUT2D eigenvalue weighted by Gasteiger charge is -2.18. The van der Waals surface area contributed by atoms with Gasteiger partial charge < -0.3 is 15.8 Å². The van der Waals surface area contributed by atoms with E-state index in [1.165, 1.54) is 0 Å². The Morgan fingerprint density at radius 2 is 2.00 bits per heavy atom. The zero-order valence-corrected chi connectivity index (χ0v) is 12.3. The van der Waals surface area contributed by atoms with Gasteiger partial charge in [0.1, 0.15) is 6.04 Å². The Balaban J connectivity index is 2.26. The average Bonchev–Trinajstić information content (AvgIpc) is 2.45. The van der Waals surface area contributed by atoms with E-state index in [1.807, 2.05) is 55.5 Å². The molecule has 4 heteroatoms. The van der Waals surface area contributed by atoms with Crippen molar-refractivity contribution >= 4 is 11.6 Å². The first-order valence-electron chi connectivity index (χ1n) is 6.80. The minimum atomic E-state index is -0.566. The van der Waals surface area contributed by atoms with Gasteiger partial charge in [0.25, 0.3) is 0 Å². The number of carbonyl (C=O) groups is 1. The summed E-state index contributed by atoms with van der Waals surface area (Å²) in [6.45, 7) is 2.51. The minimum absolute atomic E-state index is 0.411. The van der Waals surface area contributed by atoms with Crippen molar-refractivity contribution in [1.82, 2.24) is 0 Å².